The molecule has 0 aliphatic carbocycles. The van der Waals surface area contributed by atoms with Crippen LogP contribution < -0.4 is 9.30 Å². The number of hydrogen-bond acceptors (Lipinski definition) is 2. The van der Waals surface area contributed by atoms with Crippen molar-refractivity contribution >= 4 is 32.8 Å². The van der Waals surface area contributed by atoms with Crippen molar-refractivity contribution in [3.05, 3.63) is 198 Å². The number of ether oxygens (including phenoxy) is 1. The quantitative estimate of drug-likeness (QED) is 0.142. The van der Waals surface area contributed by atoms with Gasteiger partial charge in [0.2, 0.25) is 0 Å². The van der Waals surface area contributed by atoms with Gasteiger partial charge in [-0.25, -0.2) is 4.98 Å². The lowest BCUT2D eigenvalue weighted by atomic mass is 9.78. The van der Waals surface area contributed by atoms with Crippen molar-refractivity contribution in [1.82, 2.24) is 14.1 Å². The Labute approximate surface area is 424 Å². The van der Waals surface area contributed by atoms with E-state index >= 15 is 0 Å². The number of pyridine rings is 1. The molecule has 0 bridgehead atoms. The number of rotatable bonds is 8. The van der Waals surface area contributed by atoms with Gasteiger partial charge in [0.05, 0.1) is 17.9 Å². The summed E-state index contributed by atoms with van der Waals surface area (Å²) in [5.41, 5.74) is 10.3. The summed E-state index contributed by atoms with van der Waals surface area (Å²) in [5.74, 6) is 1.95. The smallest absolute Gasteiger partial charge is 0.255 e. The highest BCUT2D eigenvalue weighted by molar-refractivity contribution is 6.09. The molecule has 352 valence electrons. The molecule has 0 saturated heterocycles. The average molecular weight is 927 g/mol. The van der Waals surface area contributed by atoms with Gasteiger partial charge in [-0.3, -0.25) is 4.57 Å². The van der Waals surface area contributed by atoms with Gasteiger partial charge in [0.15, 0.2) is 11.0 Å². The zero-order valence-corrected chi connectivity index (χ0v) is 42.6. The molecule has 0 atom stereocenters. The second-order valence-electron chi connectivity index (χ2n) is 22.7. The standard InChI is InChI=1S/C65H67N4O/c1-62(2,3)41-43-28-31-56-55(34-43)54-30-29-51(40-59(54)69(56)60-38-46(32-33-66-60)63(4,5)6)70-50-23-18-22-49(39-50)67-42-68(58-27-17-16-26-57(58)67)61-52(44-20-14-13-15-21-44)24-19-25-53(61)45-35-47(64(7,8)9)37-48(36-45)65(10,11)12/h13-40,42H,41H2,1-12H3/q+1/i13D,14D,15D,20D,21D,41D2. The highest BCUT2D eigenvalue weighted by Crippen LogP contribution is 2.41. The van der Waals surface area contributed by atoms with Crippen LogP contribution in [0.4, 0.5) is 0 Å². The van der Waals surface area contributed by atoms with E-state index < -0.39 is 29.9 Å². The van der Waals surface area contributed by atoms with Crippen molar-refractivity contribution in [3.63, 3.8) is 0 Å². The maximum Gasteiger partial charge on any atom is 0.255 e. The first-order valence-corrected chi connectivity index (χ1v) is 24.3. The second kappa shape index (κ2) is 17.3. The van der Waals surface area contributed by atoms with Gasteiger partial charge in [0.25, 0.3) is 6.33 Å². The Bertz CT molecular complexity index is 3930. The summed E-state index contributed by atoms with van der Waals surface area (Å²) in [5, 5.41) is 1.87. The summed E-state index contributed by atoms with van der Waals surface area (Å²) in [6.45, 7) is 25.6. The summed E-state index contributed by atoms with van der Waals surface area (Å²) in [6, 6.07) is 42.9. The molecule has 10 aromatic rings. The van der Waals surface area contributed by atoms with E-state index in [9.17, 15) is 2.74 Å². The van der Waals surface area contributed by atoms with E-state index in [1.807, 2.05) is 124 Å². The third-order valence-electron chi connectivity index (χ3n) is 13.1. The topological polar surface area (TPSA) is 35.9 Å². The largest absolute Gasteiger partial charge is 0.457 e. The average Bonchev–Trinajstić information content (AvgIpc) is 3.93. The molecule has 3 aromatic heterocycles. The van der Waals surface area contributed by atoms with Crippen molar-refractivity contribution in [1.29, 1.82) is 0 Å². The maximum absolute atomic E-state index is 9.25. The van der Waals surface area contributed by atoms with Gasteiger partial charge >= 0.3 is 0 Å². The Kier molecular flexibility index (Phi) is 9.54. The van der Waals surface area contributed by atoms with Gasteiger partial charge in [0.1, 0.15) is 28.7 Å². The number of benzene rings is 7. The first-order valence-electron chi connectivity index (χ1n) is 27.8. The van der Waals surface area contributed by atoms with E-state index in [0.29, 0.717) is 28.3 Å². The molecule has 0 aliphatic heterocycles. The number of nitrogens with zero attached hydrogens (tertiary/aromatic N) is 4. The molecular weight excluding hydrogens is 853 g/mol. The maximum atomic E-state index is 9.25. The second-order valence-corrected chi connectivity index (χ2v) is 22.7. The van der Waals surface area contributed by atoms with Crippen LogP contribution in [0.3, 0.4) is 0 Å². The van der Waals surface area contributed by atoms with Crippen LogP contribution in [0.25, 0.3) is 72.3 Å². The normalized spacial score (nSPS) is 14.3. The third kappa shape index (κ3) is 9.06. The van der Waals surface area contributed by atoms with Crippen LogP contribution in [-0.2, 0) is 22.6 Å². The molecule has 0 N–H and O–H groups in total. The lowest BCUT2D eigenvalue weighted by Crippen LogP contribution is -2.31. The van der Waals surface area contributed by atoms with Gasteiger partial charge in [-0.1, -0.05) is 174 Å². The fourth-order valence-corrected chi connectivity index (χ4v) is 9.43. The lowest BCUT2D eigenvalue weighted by Gasteiger charge is -2.26. The van der Waals surface area contributed by atoms with E-state index in [2.05, 4.69) is 118 Å². The predicted octanol–water partition coefficient (Wildman–Crippen LogP) is 17.0. The molecule has 0 radical (unpaired) electrons. The van der Waals surface area contributed by atoms with E-state index in [1.54, 1.807) is 0 Å². The summed E-state index contributed by atoms with van der Waals surface area (Å²) >= 11 is 0. The number of para-hydroxylation sites is 3. The Hall–Kier alpha value is -7.24. The summed E-state index contributed by atoms with van der Waals surface area (Å²) in [4.78, 5) is 4.91. The van der Waals surface area contributed by atoms with Crippen molar-refractivity contribution in [3.8, 4) is 50.9 Å². The summed E-state index contributed by atoms with van der Waals surface area (Å²) < 4.78 is 76.0. The Balaban J connectivity index is 1.15. The molecule has 5 heteroatoms. The van der Waals surface area contributed by atoms with Crippen molar-refractivity contribution < 1.29 is 18.9 Å². The van der Waals surface area contributed by atoms with Crippen molar-refractivity contribution in [2.45, 2.75) is 106 Å². The van der Waals surface area contributed by atoms with Gasteiger partial charge in [-0.2, -0.15) is 9.13 Å². The van der Waals surface area contributed by atoms with Crippen molar-refractivity contribution in [2.24, 2.45) is 5.41 Å². The molecule has 10 rings (SSSR count). The molecule has 7 aromatic carbocycles. The van der Waals surface area contributed by atoms with Crippen LogP contribution in [0, 0.1) is 5.41 Å². The monoisotopic (exact) mass is 927 g/mol. The first-order chi connectivity index (χ1) is 36.0. The minimum Gasteiger partial charge on any atom is -0.457 e. The van der Waals surface area contributed by atoms with E-state index in [-0.39, 0.29) is 33.9 Å². The molecule has 0 unspecified atom stereocenters. The molecule has 70 heavy (non-hydrogen) atoms. The van der Waals surface area contributed by atoms with Crippen molar-refractivity contribution in [2.75, 3.05) is 0 Å². The highest BCUT2D eigenvalue weighted by Gasteiger charge is 2.28. The minimum absolute atomic E-state index is 0.121. The van der Waals surface area contributed by atoms with Crippen LogP contribution >= 0.6 is 0 Å². The molecule has 5 nitrogen and oxygen atoms in total. The third-order valence-corrected chi connectivity index (χ3v) is 13.1. The van der Waals surface area contributed by atoms with Gasteiger partial charge in [-0.05, 0) is 122 Å². The van der Waals surface area contributed by atoms with Crippen LogP contribution in [0.15, 0.2) is 176 Å². The molecule has 0 amide bonds. The fourth-order valence-electron chi connectivity index (χ4n) is 9.43. The lowest BCUT2D eigenvalue weighted by molar-refractivity contribution is -0.566. The van der Waals surface area contributed by atoms with E-state index in [0.717, 1.165) is 72.2 Å². The highest BCUT2D eigenvalue weighted by atomic mass is 16.5. The number of aromatic nitrogens is 4. The Morgan fingerprint density at radius 2 is 1.23 bits per heavy atom. The van der Waals surface area contributed by atoms with Crippen LogP contribution in [0.2, 0.25) is 0 Å². The first kappa shape index (κ1) is 38.6. The van der Waals surface area contributed by atoms with Crippen LogP contribution in [0.1, 0.15) is 115 Å². The molecule has 0 saturated carbocycles. The summed E-state index contributed by atoms with van der Waals surface area (Å²) in [6.07, 6.45) is 2.27. The van der Waals surface area contributed by atoms with Crippen LogP contribution in [0.5, 0.6) is 11.5 Å². The van der Waals surface area contributed by atoms with Gasteiger partial charge < -0.3 is 4.74 Å². The zero-order chi connectivity index (χ0) is 55.5. The number of fused-ring (bicyclic) bond motifs is 4. The number of imidazole rings is 1. The zero-order valence-electron chi connectivity index (χ0n) is 49.6. The number of hydrogen-bond donors (Lipinski definition) is 0. The molecular formula is C65H67N4O+. The van der Waals surface area contributed by atoms with Gasteiger partial charge in [0, 0.05) is 43.0 Å². The Morgan fingerprint density at radius 3 is 1.93 bits per heavy atom. The van der Waals surface area contributed by atoms with Gasteiger partial charge in [-0.15, -0.1) is 0 Å². The van der Waals surface area contributed by atoms with Crippen LogP contribution in [-0.4, -0.2) is 14.1 Å². The minimum atomic E-state index is -1.59. The predicted molar refractivity (Wildman–Crippen MR) is 294 cm³/mol. The fraction of sp³-hybridized carbons (Fsp3) is 0.262. The molecule has 0 fully saturated rings. The molecule has 0 spiro atoms. The summed E-state index contributed by atoms with van der Waals surface area (Å²) in [7, 11) is 0. The SMILES string of the molecule is [2H]c1c([2H])c([2H])c(-c2cccc(-c3cc(C(C)(C)C)cc(C(C)(C)C)c3)c2-[n+]2cn(-c3cccc(Oc4ccc5c6cc(C([2H])([2H])C(C)(C)C)ccc6n(-c6cc(C(C)(C)C)ccn6)c5c4)c3)c3ccccc32)c([2H])c1[2H]. The Morgan fingerprint density at radius 1 is 0.557 bits per heavy atom. The molecule has 0 aliphatic rings. The molecule has 3 heterocycles. The van der Waals surface area contributed by atoms with E-state index in [1.165, 1.54) is 0 Å². The van der Waals surface area contributed by atoms with E-state index in [4.69, 9.17) is 16.6 Å².